The second kappa shape index (κ2) is 12.2. The molecule has 0 bridgehead atoms. The summed E-state index contributed by atoms with van der Waals surface area (Å²) < 4.78 is 11.0. The van der Waals surface area contributed by atoms with Gasteiger partial charge in [-0.2, -0.15) is 0 Å². The molecule has 0 radical (unpaired) electrons. The van der Waals surface area contributed by atoms with Crippen molar-refractivity contribution in [1.82, 2.24) is 4.90 Å². The summed E-state index contributed by atoms with van der Waals surface area (Å²) in [5.74, 6) is 1.82. The van der Waals surface area contributed by atoms with Crippen LogP contribution in [0.15, 0.2) is 65.1 Å². The molecule has 0 saturated carbocycles. The molecule has 1 N–H and O–H groups in total. The maximum atomic E-state index is 12.7. The third-order valence-electron chi connectivity index (χ3n) is 5.87. The molecule has 2 aromatic carbocycles. The Bertz CT molecular complexity index is 1100. The van der Waals surface area contributed by atoms with Crippen LogP contribution < -0.4 is 5.32 Å². The van der Waals surface area contributed by atoms with Gasteiger partial charge in [0.1, 0.15) is 11.5 Å². The topological polar surface area (TPSA) is 71.8 Å². The lowest BCUT2D eigenvalue weighted by atomic mass is 9.96. The van der Waals surface area contributed by atoms with E-state index in [1.165, 1.54) is 0 Å². The highest BCUT2D eigenvalue weighted by Gasteiger charge is 2.21. The van der Waals surface area contributed by atoms with Crippen molar-refractivity contribution >= 4 is 17.6 Å². The normalized spacial score (nSPS) is 11.8. The van der Waals surface area contributed by atoms with Crippen molar-refractivity contribution in [2.24, 2.45) is 5.92 Å². The van der Waals surface area contributed by atoms with E-state index in [1.807, 2.05) is 61.5 Å². The Hall–Kier alpha value is -3.54. The third kappa shape index (κ3) is 7.22. The SMILES string of the molecule is CCOC(=O)CCN(C)C(=O)c1ccc(NC(CC(C)C)c2cc(-c3ccccc3)oc2C)cc1. The first-order valence-corrected chi connectivity index (χ1v) is 12.2. The second-order valence-electron chi connectivity index (χ2n) is 9.17. The van der Waals surface area contributed by atoms with E-state index in [-0.39, 0.29) is 24.3 Å². The summed E-state index contributed by atoms with van der Waals surface area (Å²) in [5, 5.41) is 3.64. The standard InChI is InChI=1S/C29H36N2O4/c1-6-34-28(32)16-17-31(5)29(33)23-12-14-24(15-13-23)30-26(18-20(2)3)25-19-27(35-21(25)4)22-10-8-7-9-11-22/h7-15,19-20,26,30H,6,16-18H2,1-5H3. The fourth-order valence-corrected chi connectivity index (χ4v) is 4.05. The van der Waals surface area contributed by atoms with Gasteiger partial charge in [0, 0.05) is 36.0 Å². The van der Waals surface area contributed by atoms with Gasteiger partial charge < -0.3 is 19.4 Å². The zero-order valence-electron chi connectivity index (χ0n) is 21.3. The summed E-state index contributed by atoms with van der Waals surface area (Å²) in [7, 11) is 1.69. The van der Waals surface area contributed by atoms with E-state index in [4.69, 9.17) is 9.15 Å². The van der Waals surface area contributed by atoms with Crippen LogP contribution in [0.5, 0.6) is 0 Å². The summed E-state index contributed by atoms with van der Waals surface area (Å²) in [6.07, 6.45) is 1.12. The monoisotopic (exact) mass is 476 g/mol. The van der Waals surface area contributed by atoms with Crippen LogP contribution in [0.3, 0.4) is 0 Å². The molecule has 1 unspecified atom stereocenters. The highest BCUT2D eigenvalue weighted by Crippen LogP contribution is 2.34. The van der Waals surface area contributed by atoms with Crippen LogP contribution in [0.25, 0.3) is 11.3 Å². The molecule has 6 nitrogen and oxygen atoms in total. The van der Waals surface area contributed by atoms with Crippen LogP contribution in [-0.4, -0.2) is 37.0 Å². The molecule has 0 aliphatic heterocycles. The van der Waals surface area contributed by atoms with Gasteiger partial charge in [-0.3, -0.25) is 9.59 Å². The number of amides is 1. The highest BCUT2D eigenvalue weighted by molar-refractivity contribution is 5.94. The molecule has 0 aliphatic carbocycles. The number of ether oxygens (including phenoxy) is 1. The van der Waals surface area contributed by atoms with Gasteiger partial charge in [0.05, 0.1) is 19.1 Å². The Balaban J connectivity index is 1.71. The summed E-state index contributed by atoms with van der Waals surface area (Å²) in [6, 6.07) is 19.8. The predicted molar refractivity (Wildman–Crippen MR) is 139 cm³/mol. The molecule has 1 atom stereocenters. The van der Waals surface area contributed by atoms with Gasteiger partial charge >= 0.3 is 5.97 Å². The fraction of sp³-hybridized carbons (Fsp3) is 0.379. The number of carbonyl (C=O) groups excluding carboxylic acids is 2. The number of hydrogen-bond acceptors (Lipinski definition) is 5. The summed E-state index contributed by atoms with van der Waals surface area (Å²) in [4.78, 5) is 25.9. The van der Waals surface area contributed by atoms with Crippen LogP contribution in [0, 0.1) is 12.8 Å². The molecular weight excluding hydrogens is 440 g/mol. The van der Waals surface area contributed by atoms with Crippen LogP contribution in [-0.2, 0) is 9.53 Å². The van der Waals surface area contributed by atoms with Crippen LogP contribution >= 0.6 is 0 Å². The minimum absolute atomic E-state index is 0.0741. The van der Waals surface area contributed by atoms with Crippen molar-refractivity contribution < 1.29 is 18.7 Å². The maximum Gasteiger partial charge on any atom is 0.307 e. The quantitative estimate of drug-likeness (QED) is 0.321. The molecule has 3 rings (SSSR count). The van der Waals surface area contributed by atoms with Gasteiger partial charge in [-0.1, -0.05) is 44.2 Å². The molecule has 0 spiro atoms. The number of benzene rings is 2. The number of anilines is 1. The third-order valence-corrected chi connectivity index (χ3v) is 5.87. The lowest BCUT2D eigenvalue weighted by Gasteiger charge is -2.22. The molecule has 0 saturated heterocycles. The second-order valence-corrected chi connectivity index (χ2v) is 9.17. The first-order chi connectivity index (χ1) is 16.8. The first-order valence-electron chi connectivity index (χ1n) is 12.2. The molecule has 1 amide bonds. The molecular formula is C29H36N2O4. The van der Waals surface area contributed by atoms with Crippen molar-refractivity contribution in [3.05, 3.63) is 77.6 Å². The zero-order valence-corrected chi connectivity index (χ0v) is 21.3. The number of carbonyl (C=O) groups is 2. The van der Waals surface area contributed by atoms with Crippen molar-refractivity contribution in [3.8, 4) is 11.3 Å². The Morgan fingerprint density at radius 3 is 2.37 bits per heavy atom. The Labute approximate surface area is 208 Å². The van der Waals surface area contributed by atoms with Crippen molar-refractivity contribution in [2.45, 2.75) is 46.6 Å². The van der Waals surface area contributed by atoms with E-state index < -0.39 is 0 Å². The number of furan rings is 1. The van der Waals surface area contributed by atoms with Crippen molar-refractivity contribution in [3.63, 3.8) is 0 Å². The molecule has 1 aromatic heterocycles. The lowest BCUT2D eigenvalue weighted by Crippen LogP contribution is -2.29. The minimum atomic E-state index is -0.298. The highest BCUT2D eigenvalue weighted by atomic mass is 16.5. The zero-order chi connectivity index (χ0) is 25.4. The largest absolute Gasteiger partial charge is 0.466 e. The Morgan fingerprint density at radius 1 is 1.06 bits per heavy atom. The van der Waals surface area contributed by atoms with Crippen molar-refractivity contribution in [1.29, 1.82) is 0 Å². The number of aryl methyl sites for hydroxylation is 1. The smallest absolute Gasteiger partial charge is 0.307 e. The molecule has 6 heteroatoms. The van der Waals surface area contributed by atoms with E-state index in [0.717, 1.165) is 34.8 Å². The van der Waals surface area contributed by atoms with E-state index >= 15 is 0 Å². The first kappa shape index (κ1) is 26.1. The lowest BCUT2D eigenvalue weighted by molar-refractivity contribution is -0.143. The summed E-state index contributed by atoms with van der Waals surface area (Å²) in [6.45, 7) is 8.84. The van der Waals surface area contributed by atoms with Crippen LogP contribution in [0.1, 0.15) is 61.3 Å². The number of nitrogens with one attached hydrogen (secondary N) is 1. The van der Waals surface area contributed by atoms with Crippen molar-refractivity contribution in [2.75, 3.05) is 25.5 Å². The average Bonchev–Trinajstić information content (AvgIpc) is 3.24. The average molecular weight is 477 g/mol. The van der Waals surface area contributed by atoms with Gasteiger partial charge in [0.15, 0.2) is 0 Å². The number of rotatable bonds is 11. The number of esters is 1. The van der Waals surface area contributed by atoms with E-state index in [1.54, 1.807) is 18.9 Å². The fourth-order valence-electron chi connectivity index (χ4n) is 4.05. The van der Waals surface area contributed by atoms with E-state index in [0.29, 0.717) is 24.6 Å². The van der Waals surface area contributed by atoms with Crippen LogP contribution in [0.4, 0.5) is 5.69 Å². The van der Waals surface area contributed by atoms with Gasteiger partial charge in [-0.25, -0.2) is 0 Å². The van der Waals surface area contributed by atoms with E-state index in [9.17, 15) is 9.59 Å². The van der Waals surface area contributed by atoms with E-state index in [2.05, 4.69) is 25.2 Å². The summed E-state index contributed by atoms with van der Waals surface area (Å²) in [5.41, 5.74) is 3.70. The van der Waals surface area contributed by atoms with Gasteiger partial charge in [-0.05, 0) is 56.5 Å². The number of nitrogens with zero attached hydrogens (tertiary/aromatic N) is 1. The molecule has 186 valence electrons. The van der Waals surface area contributed by atoms with Gasteiger partial charge in [0.25, 0.3) is 5.91 Å². The molecule has 1 heterocycles. The Morgan fingerprint density at radius 2 is 1.74 bits per heavy atom. The maximum absolute atomic E-state index is 12.7. The molecule has 0 aliphatic rings. The molecule has 3 aromatic rings. The summed E-state index contributed by atoms with van der Waals surface area (Å²) >= 11 is 0. The number of hydrogen-bond donors (Lipinski definition) is 1. The van der Waals surface area contributed by atoms with Gasteiger partial charge in [0.2, 0.25) is 0 Å². The van der Waals surface area contributed by atoms with Crippen LogP contribution in [0.2, 0.25) is 0 Å². The Kier molecular flexibility index (Phi) is 9.12. The minimum Gasteiger partial charge on any atom is -0.466 e. The molecule has 35 heavy (non-hydrogen) atoms. The molecule has 0 fully saturated rings. The van der Waals surface area contributed by atoms with Gasteiger partial charge in [-0.15, -0.1) is 0 Å². The predicted octanol–water partition coefficient (Wildman–Crippen LogP) is 6.48.